The van der Waals surface area contributed by atoms with Gasteiger partial charge >= 0.3 is 0 Å². The van der Waals surface area contributed by atoms with Crippen LogP contribution in [0.5, 0.6) is 0 Å². The van der Waals surface area contributed by atoms with Crippen molar-refractivity contribution in [3.8, 4) is 6.07 Å². The van der Waals surface area contributed by atoms with Crippen molar-refractivity contribution in [2.24, 2.45) is 0 Å². The molecule has 126 valence electrons. The molecule has 1 heterocycles. The first-order valence-corrected chi connectivity index (χ1v) is 9.39. The number of rotatable bonds is 4. The fourth-order valence-corrected chi connectivity index (χ4v) is 4.14. The van der Waals surface area contributed by atoms with E-state index in [0.29, 0.717) is 5.92 Å². The Labute approximate surface area is 140 Å². The van der Waals surface area contributed by atoms with Crippen LogP contribution in [0.2, 0.25) is 0 Å². The van der Waals surface area contributed by atoms with Gasteiger partial charge in [-0.05, 0) is 43.0 Å². The minimum Gasteiger partial charge on any atom is -0.363 e. The summed E-state index contributed by atoms with van der Waals surface area (Å²) >= 11 is 0. The number of nitrogens with one attached hydrogen (secondary N) is 2. The van der Waals surface area contributed by atoms with Crippen LogP contribution in [0.15, 0.2) is 35.4 Å². The molecule has 0 radical (unpaired) electrons. The number of anilines is 1. The Morgan fingerprint density at radius 2 is 1.96 bits per heavy atom. The van der Waals surface area contributed by atoms with Gasteiger partial charge in [0.1, 0.15) is 10.7 Å². The normalized spacial score (nSPS) is 15.8. The van der Waals surface area contributed by atoms with E-state index in [1.165, 1.54) is 24.8 Å². The van der Waals surface area contributed by atoms with Gasteiger partial charge < -0.3 is 4.98 Å². The Kier molecular flexibility index (Phi) is 4.58. The van der Waals surface area contributed by atoms with Gasteiger partial charge in [0.2, 0.25) is 0 Å². The number of halogens is 1. The van der Waals surface area contributed by atoms with Gasteiger partial charge in [-0.3, -0.25) is 4.72 Å². The first-order valence-electron chi connectivity index (χ1n) is 7.90. The second-order valence-corrected chi connectivity index (χ2v) is 7.72. The van der Waals surface area contributed by atoms with Crippen LogP contribution in [-0.4, -0.2) is 13.4 Å². The lowest BCUT2D eigenvalue weighted by Crippen LogP contribution is -2.13. The maximum Gasteiger partial charge on any atom is 0.263 e. The van der Waals surface area contributed by atoms with Crippen molar-refractivity contribution in [3.05, 3.63) is 47.5 Å². The minimum atomic E-state index is -3.88. The summed E-state index contributed by atoms with van der Waals surface area (Å²) < 4.78 is 41.0. The molecule has 2 aromatic rings. The highest BCUT2D eigenvalue weighted by Crippen LogP contribution is 2.33. The van der Waals surface area contributed by atoms with E-state index in [2.05, 4.69) is 9.71 Å². The molecule has 0 amide bonds. The molecule has 3 rings (SSSR count). The molecule has 2 N–H and O–H groups in total. The molecule has 0 bridgehead atoms. The highest BCUT2D eigenvalue weighted by atomic mass is 32.2. The molecule has 0 spiro atoms. The van der Waals surface area contributed by atoms with E-state index in [1.54, 1.807) is 12.1 Å². The monoisotopic (exact) mass is 347 g/mol. The van der Waals surface area contributed by atoms with Crippen LogP contribution in [0.25, 0.3) is 0 Å². The van der Waals surface area contributed by atoms with Crippen LogP contribution in [0.4, 0.5) is 10.1 Å². The Bertz CT molecular complexity index is 877. The van der Waals surface area contributed by atoms with Crippen molar-refractivity contribution in [2.45, 2.75) is 42.9 Å². The molecule has 1 aromatic heterocycles. The molecule has 0 unspecified atom stereocenters. The molecular weight excluding hydrogens is 329 g/mol. The number of benzene rings is 1. The van der Waals surface area contributed by atoms with Gasteiger partial charge in [0.15, 0.2) is 0 Å². The number of hydrogen-bond donors (Lipinski definition) is 2. The van der Waals surface area contributed by atoms with Crippen molar-refractivity contribution >= 4 is 15.7 Å². The summed E-state index contributed by atoms with van der Waals surface area (Å²) in [4.78, 5) is 3.13. The number of nitriles is 1. The van der Waals surface area contributed by atoms with Gasteiger partial charge in [-0.15, -0.1) is 0 Å². The molecule has 5 nitrogen and oxygen atoms in total. The van der Waals surface area contributed by atoms with Crippen LogP contribution in [0, 0.1) is 17.1 Å². The van der Waals surface area contributed by atoms with Gasteiger partial charge in [-0.2, -0.15) is 5.26 Å². The van der Waals surface area contributed by atoms with E-state index in [9.17, 15) is 12.8 Å². The Balaban J connectivity index is 1.81. The van der Waals surface area contributed by atoms with E-state index in [1.807, 2.05) is 0 Å². The number of sulfonamides is 1. The second-order valence-electron chi connectivity index (χ2n) is 6.04. The summed E-state index contributed by atoms with van der Waals surface area (Å²) in [5.74, 6) is -0.421. The zero-order chi connectivity index (χ0) is 17.2. The van der Waals surface area contributed by atoms with E-state index < -0.39 is 15.8 Å². The van der Waals surface area contributed by atoms with Gasteiger partial charge in [-0.1, -0.05) is 19.3 Å². The molecule has 1 aromatic carbocycles. The van der Waals surface area contributed by atoms with Crippen molar-refractivity contribution in [3.63, 3.8) is 0 Å². The van der Waals surface area contributed by atoms with Crippen LogP contribution in [0.3, 0.4) is 0 Å². The number of hydrogen-bond acceptors (Lipinski definition) is 3. The fourth-order valence-electron chi connectivity index (χ4n) is 3.07. The maximum atomic E-state index is 13.9. The molecule has 0 atom stereocenters. The van der Waals surface area contributed by atoms with Crippen molar-refractivity contribution < 1.29 is 12.8 Å². The van der Waals surface area contributed by atoms with Crippen molar-refractivity contribution in [2.75, 3.05) is 4.72 Å². The van der Waals surface area contributed by atoms with E-state index in [0.717, 1.165) is 37.4 Å². The highest BCUT2D eigenvalue weighted by Gasteiger charge is 2.22. The van der Waals surface area contributed by atoms with Crippen molar-refractivity contribution in [1.82, 2.24) is 4.98 Å². The zero-order valence-corrected chi connectivity index (χ0v) is 13.9. The van der Waals surface area contributed by atoms with E-state index in [-0.39, 0.29) is 16.1 Å². The molecular formula is C17H18FN3O2S. The van der Waals surface area contributed by atoms with Crippen molar-refractivity contribution in [1.29, 1.82) is 5.26 Å². The predicted molar refractivity (Wildman–Crippen MR) is 88.5 cm³/mol. The third kappa shape index (κ3) is 3.44. The standard InChI is InChI=1S/C17H18FN3O2S/c18-15-8-12(10-19)6-7-16(15)21-24(22,23)14-9-17(20-11-14)13-4-2-1-3-5-13/h6-9,11,13,20-21H,1-5H2. The van der Waals surface area contributed by atoms with Gasteiger partial charge in [0.05, 0.1) is 17.3 Å². The summed E-state index contributed by atoms with van der Waals surface area (Å²) in [6.07, 6.45) is 7.08. The predicted octanol–water partition coefficient (Wildman–Crippen LogP) is 3.87. The Morgan fingerprint density at radius 3 is 2.62 bits per heavy atom. The van der Waals surface area contributed by atoms with Crippen LogP contribution in [-0.2, 0) is 10.0 Å². The first kappa shape index (κ1) is 16.5. The largest absolute Gasteiger partial charge is 0.363 e. The van der Waals surface area contributed by atoms with Crippen LogP contribution in [0.1, 0.15) is 49.3 Å². The van der Waals surface area contributed by atoms with Gasteiger partial charge in [-0.25, -0.2) is 12.8 Å². The Morgan fingerprint density at radius 1 is 1.21 bits per heavy atom. The van der Waals surface area contributed by atoms with Gasteiger partial charge in [0, 0.05) is 11.9 Å². The zero-order valence-electron chi connectivity index (χ0n) is 13.0. The fraction of sp³-hybridized carbons (Fsp3) is 0.353. The lowest BCUT2D eigenvalue weighted by atomic mass is 9.87. The Hall–Kier alpha value is -2.33. The third-order valence-electron chi connectivity index (χ3n) is 4.38. The number of aromatic nitrogens is 1. The minimum absolute atomic E-state index is 0.0897. The molecule has 1 saturated carbocycles. The number of nitrogens with zero attached hydrogens (tertiary/aromatic N) is 1. The highest BCUT2D eigenvalue weighted by molar-refractivity contribution is 7.92. The molecule has 1 fully saturated rings. The van der Waals surface area contributed by atoms with E-state index >= 15 is 0 Å². The lowest BCUT2D eigenvalue weighted by Gasteiger charge is -2.20. The number of aromatic amines is 1. The quantitative estimate of drug-likeness (QED) is 0.880. The molecule has 0 saturated heterocycles. The molecule has 1 aliphatic carbocycles. The molecule has 0 aliphatic heterocycles. The van der Waals surface area contributed by atoms with Crippen LogP contribution < -0.4 is 4.72 Å². The summed E-state index contributed by atoms with van der Waals surface area (Å²) in [6.45, 7) is 0. The molecule has 7 heteroatoms. The SMILES string of the molecule is N#Cc1ccc(NS(=O)(=O)c2c[nH]c(C3CCCCC3)c2)c(F)c1. The first-order chi connectivity index (χ1) is 11.5. The van der Waals surface area contributed by atoms with Crippen LogP contribution >= 0.6 is 0 Å². The summed E-state index contributed by atoms with van der Waals surface area (Å²) in [5, 5.41) is 8.73. The molecule has 24 heavy (non-hydrogen) atoms. The summed E-state index contributed by atoms with van der Waals surface area (Å²) in [5.41, 5.74) is 0.876. The average Bonchev–Trinajstić information content (AvgIpc) is 3.08. The smallest absolute Gasteiger partial charge is 0.263 e. The topological polar surface area (TPSA) is 85.8 Å². The molecule has 1 aliphatic rings. The second kappa shape index (κ2) is 6.65. The number of H-pyrrole nitrogens is 1. The summed E-state index contributed by atoms with van der Waals surface area (Å²) in [6, 6.07) is 7.05. The maximum absolute atomic E-state index is 13.9. The van der Waals surface area contributed by atoms with E-state index in [4.69, 9.17) is 5.26 Å². The average molecular weight is 347 g/mol. The lowest BCUT2D eigenvalue weighted by molar-refractivity contribution is 0.438. The van der Waals surface area contributed by atoms with Gasteiger partial charge in [0.25, 0.3) is 10.0 Å². The summed E-state index contributed by atoms with van der Waals surface area (Å²) in [7, 11) is -3.88. The third-order valence-corrected chi connectivity index (χ3v) is 5.72.